The Hall–Kier alpha value is -3.11. The number of aromatic nitrogens is 1. The van der Waals surface area contributed by atoms with E-state index in [1.54, 1.807) is 0 Å². The number of thiophene rings is 1. The molecular weight excluding hydrogens is 739 g/mol. The van der Waals surface area contributed by atoms with Gasteiger partial charge in [-0.2, -0.15) is 18.6 Å². The molecule has 0 bridgehead atoms. The number of hydrogen-bond donors (Lipinski definition) is 1. The molecule has 1 radical (unpaired) electrons. The van der Waals surface area contributed by atoms with Gasteiger partial charge in [0.05, 0.1) is 17.6 Å². The summed E-state index contributed by atoms with van der Waals surface area (Å²) in [6.45, 7) is 19.1. The minimum atomic E-state index is 0. The number of aryl methyl sites for hydroxylation is 3. The fraction of sp³-hybridized carbons (Fsp3) is 0.333. The van der Waals surface area contributed by atoms with E-state index in [9.17, 15) is 9.90 Å². The Labute approximate surface area is 281 Å². The van der Waals surface area contributed by atoms with E-state index in [1.807, 2.05) is 49.8 Å². The van der Waals surface area contributed by atoms with E-state index in [4.69, 9.17) is 0 Å². The van der Waals surface area contributed by atoms with Gasteiger partial charge in [0.25, 0.3) is 0 Å². The predicted molar refractivity (Wildman–Crippen MR) is 186 cm³/mol. The fourth-order valence-electron chi connectivity index (χ4n) is 6.12. The van der Waals surface area contributed by atoms with Crippen LogP contribution in [0.4, 0.5) is 0 Å². The van der Waals surface area contributed by atoms with Crippen LogP contribution in [0.1, 0.15) is 74.9 Å². The molecule has 0 aliphatic carbocycles. The summed E-state index contributed by atoms with van der Waals surface area (Å²) in [6.07, 6.45) is 6.95. The molecule has 235 valence electrons. The van der Waals surface area contributed by atoms with Crippen molar-refractivity contribution in [1.82, 2.24) is 0 Å². The van der Waals surface area contributed by atoms with Crippen LogP contribution in [0.5, 0.6) is 0 Å². The van der Waals surface area contributed by atoms with E-state index in [1.165, 1.54) is 53.7 Å². The number of allylic oxidation sites excluding steroid dienone is 2. The number of fused-ring (bicyclic) bond motifs is 4. The summed E-state index contributed by atoms with van der Waals surface area (Å²) in [6, 6.07) is 17.6. The van der Waals surface area contributed by atoms with Gasteiger partial charge in [0.15, 0.2) is 5.78 Å². The Balaban J connectivity index is 0.000000286. The Kier molecular flexibility index (Phi) is 12.3. The number of aliphatic hydroxyl groups excluding tert-OH is 1. The van der Waals surface area contributed by atoms with E-state index in [0.717, 1.165) is 42.5 Å². The minimum absolute atomic E-state index is 0. The molecule has 0 aliphatic rings. The zero-order valence-electron chi connectivity index (χ0n) is 27.2. The van der Waals surface area contributed by atoms with Crippen molar-refractivity contribution >= 4 is 48.8 Å². The summed E-state index contributed by atoms with van der Waals surface area (Å²) in [5.41, 5.74) is 6.02. The summed E-state index contributed by atoms with van der Waals surface area (Å²) >= 11 is 1.82. The molecule has 3 nitrogen and oxygen atoms in total. The summed E-state index contributed by atoms with van der Waals surface area (Å²) in [7, 11) is 4.26. The van der Waals surface area contributed by atoms with Gasteiger partial charge in [-0.1, -0.05) is 57.3 Å². The van der Waals surface area contributed by atoms with Crippen LogP contribution in [-0.2, 0) is 24.9 Å². The van der Waals surface area contributed by atoms with Gasteiger partial charge in [-0.05, 0) is 91.3 Å². The van der Waals surface area contributed by atoms with E-state index in [0.29, 0.717) is 0 Å². The number of rotatable bonds is 8. The molecule has 5 aromatic rings. The normalized spacial score (nSPS) is 11.7. The molecule has 0 saturated carbocycles. The topological polar surface area (TPSA) is 41.2 Å². The van der Waals surface area contributed by atoms with Crippen molar-refractivity contribution in [1.29, 1.82) is 0 Å². The van der Waals surface area contributed by atoms with E-state index >= 15 is 0 Å². The van der Waals surface area contributed by atoms with Gasteiger partial charge in [-0.3, -0.25) is 4.79 Å². The smallest absolute Gasteiger partial charge is 0.162 e. The first-order chi connectivity index (χ1) is 20.6. The van der Waals surface area contributed by atoms with Crippen LogP contribution in [0.15, 0.2) is 66.6 Å². The molecule has 5 heteroatoms. The number of carbonyl (C=O) groups is 1. The quantitative estimate of drug-likeness (QED) is 0.0560. The van der Waals surface area contributed by atoms with Crippen molar-refractivity contribution in [3.63, 3.8) is 0 Å². The van der Waals surface area contributed by atoms with Crippen molar-refractivity contribution in [2.24, 2.45) is 11.8 Å². The number of ketones is 1. The molecule has 0 atom stereocenters. The number of benzene rings is 3. The van der Waals surface area contributed by atoms with E-state index in [2.05, 4.69) is 83.3 Å². The van der Waals surface area contributed by atoms with Gasteiger partial charge in [-0.15, -0.1) is 23.0 Å². The Morgan fingerprint density at radius 3 is 2.07 bits per heavy atom. The average molecular weight is 785 g/mol. The third kappa shape index (κ3) is 7.07. The van der Waals surface area contributed by atoms with Gasteiger partial charge >= 0.3 is 0 Å². The maximum atomic E-state index is 11.7. The minimum Gasteiger partial charge on any atom is -0.512 e. The third-order valence-electron chi connectivity index (χ3n) is 8.99. The Morgan fingerprint density at radius 1 is 0.864 bits per heavy atom. The maximum Gasteiger partial charge on any atom is 0.162 e. The van der Waals surface area contributed by atoms with Crippen LogP contribution in [0.25, 0.3) is 42.9 Å². The first-order valence-corrected chi connectivity index (χ1v) is 16.4. The summed E-state index contributed by atoms with van der Waals surface area (Å²) in [5, 5.41) is 16.2. The van der Waals surface area contributed by atoms with Crippen LogP contribution in [0.2, 0.25) is 0 Å². The van der Waals surface area contributed by atoms with E-state index in [-0.39, 0.29) is 43.5 Å². The SMILES string of the molecule is CCC(CC)C(=O)/C=C(\O)C(CC)CC.[CH2-]c1cc2c(cc1-c1c3sc(C)cc3cc[n+]1[CH2-])c(C)c(C)c1ccccc12.[Ir]. The molecule has 2 aromatic heterocycles. The monoisotopic (exact) mass is 785 g/mol. The number of pyridine rings is 1. The second-order valence-electron chi connectivity index (χ2n) is 11.6. The van der Waals surface area contributed by atoms with Crippen LogP contribution in [-0.4, -0.2) is 10.9 Å². The zero-order valence-corrected chi connectivity index (χ0v) is 30.4. The summed E-state index contributed by atoms with van der Waals surface area (Å²) in [5.74, 6) is 0.547. The van der Waals surface area contributed by atoms with Gasteiger partial charge < -0.3 is 9.67 Å². The van der Waals surface area contributed by atoms with Crippen molar-refractivity contribution in [2.75, 3.05) is 0 Å². The molecular formula is C39H46IrNO2S-. The summed E-state index contributed by atoms with van der Waals surface area (Å²) < 4.78 is 3.26. The Bertz CT molecular complexity index is 1810. The second-order valence-corrected chi connectivity index (χ2v) is 12.9. The van der Waals surface area contributed by atoms with Crippen LogP contribution >= 0.6 is 11.3 Å². The van der Waals surface area contributed by atoms with Crippen LogP contribution in [0.3, 0.4) is 0 Å². The molecule has 3 aromatic carbocycles. The van der Waals surface area contributed by atoms with Crippen molar-refractivity contribution < 1.29 is 34.6 Å². The maximum absolute atomic E-state index is 11.7. The van der Waals surface area contributed by atoms with Crippen molar-refractivity contribution in [3.8, 4) is 11.3 Å². The standard InChI is InChI=1S/C26H22NS.C13H24O2.Ir/c1-15-12-24-21-9-7-6-8-20(21)17(3)18(4)23(24)14-22(15)25-26-19(10-11-27(25)5)13-16(2)28-26;1-5-10(6-2)12(14)9-13(15)11(7-3)8-4;/h6-14H,1,5H2,2-4H3;9-11,14H,5-8H2,1-4H3;/q-1;;/b;12-9-;. The number of nitrogens with zero attached hydrogens (tertiary/aromatic N) is 1. The van der Waals surface area contributed by atoms with Gasteiger partial charge in [-0.25, -0.2) is 0 Å². The molecule has 44 heavy (non-hydrogen) atoms. The molecule has 0 spiro atoms. The first-order valence-electron chi connectivity index (χ1n) is 15.5. The molecule has 0 amide bonds. The molecule has 0 saturated heterocycles. The Morgan fingerprint density at radius 2 is 1.45 bits per heavy atom. The van der Waals surface area contributed by atoms with Crippen molar-refractivity contribution in [2.45, 2.75) is 74.1 Å². The fourth-order valence-corrected chi connectivity index (χ4v) is 7.20. The number of carbonyl (C=O) groups excluding carboxylic acids is 1. The predicted octanol–water partition coefficient (Wildman–Crippen LogP) is 10.8. The number of aliphatic hydroxyl groups is 1. The molecule has 5 rings (SSSR count). The van der Waals surface area contributed by atoms with Crippen molar-refractivity contribution in [3.05, 3.63) is 102 Å². The van der Waals surface area contributed by atoms with Gasteiger partial charge in [0.2, 0.25) is 0 Å². The first kappa shape index (κ1) is 35.4. The van der Waals surface area contributed by atoms with E-state index < -0.39 is 0 Å². The average Bonchev–Trinajstić information content (AvgIpc) is 3.37. The summed E-state index contributed by atoms with van der Waals surface area (Å²) in [4.78, 5) is 13.0. The molecule has 0 unspecified atom stereocenters. The molecule has 0 aliphatic heterocycles. The molecule has 1 N–H and O–H groups in total. The molecule has 0 fully saturated rings. The van der Waals surface area contributed by atoms with Gasteiger partial charge in [0, 0.05) is 54.6 Å². The largest absolute Gasteiger partial charge is 0.512 e. The number of hydrogen-bond acceptors (Lipinski definition) is 3. The van der Waals surface area contributed by atoms with Crippen LogP contribution < -0.4 is 4.57 Å². The zero-order chi connectivity index (χ0) is 31.4. The second kappa shape index (κ2) is 15.3. The third-order valence-corrected chi connectivity index (χ3v) is 10.1. The van der Waals surface area contributed by atoms with Gasteiger partial charge in [0.1, 0.15) is 0 Å². The van der Waals surface area contributed by atoms with Crippen LogP contribution in [0, 0.1) is 46.6 Å². The molecule has 2 heterocycles.